The van der Waals surface area contributed by atoms with E-state index in [1.165, 1.54) is 18.6 Å². The number of allylic oxidation sites excluding steroid dienone is 7. The van der Waals surface area contributed by atoms with Crippen LogP contribution < -0.4 is 5.32 Å². The van der Waals surface area contributed by atoms with Crippen LogP contribution in [0.5, 0.6) is 5.75 Å². The zero-order valence-electron chi connectivity index (χ0n) is 24.3. The van der Waals surface area contributed by atoms with Crippen LogP contribution in [0.3, 0.4) is 0 Å². The Morgan fingerprint density at radius 2 is 1.88 bits per heavy atom. The van der Waals surface area contributed by atoms with Crippen molar-refractivity contribution in [3.8, 4) is 5.75 Å². The molecule has 3 rings (SSSR count). The number of carbonyl (C=O) groups excluding carboxylic acids is 1. The van der Waals surface area contributed by atoms with Crippen LogP contribution in [-0.4, -0.2) is 39.4 Å². The van der Waals surface area contributed by atoms with E-state index < -0.39 is 35.3 Å². The maximum absolute atomic E-state index is 14.8. The lowest BCUT2D eigenvalue weighted by Gasteiger charge is -2.17. The molecule has 0 radical (unpaired) electrons. The summed E-state index contributed by atoms with van der Waals surface area (Å²) in [5.74, 6) is -2.22. The van der Waals surface area contributed by atoms with Crippen molar-refractivity contribution in [3.63, 3.8) is 0 Å². The van der Waals surface area contributed by atoms with Crippen molar-refractivity contribution in [2.45, 2.75) is 84.2 Å². The number of hydrogen-bond acceptors (Lipinski definition) is 3. The van der Waals surface area contributed by atoms with Gasteiger partial charge in [0.15, 0.2) is 11.6 Å². The molecule has 1 heterocycles. The summed E-state index contributed by atoms with van der Waals surface area (Å²) in [6, 6.07) is 1.83. The Labute approximate surface area is 245 Å². The molecule has 1 amide bonds. The SMILES string of the molecule is CCC1=CC=C(CNC(=O)CCC(CCC(C)F)C/C2=[N+](O)/C=C(c3c(C(F)F)ccc(O)c3F)\C=C/CC2)C=CC1. The fourth-order valence-electron chi connectivity index (χ4n) is 5.10. The summed E-state index contributed by atoms with van der Waals surface area (Å²) in [5, 5.41) is 23.7. The van der Waals surface area contributed by atoms with E-state index in [1.54, 1.807) is 6.08 Å². The third kappa shape index (κ3) is 9.74. The third-order valence-electron chi connectivity index (χ3n) is 7.63. The number of nitrogens with one attached hydrogen (secondary N) is 1. The number of rotatable bonds is 13. The first-order valence-corrected chi connectivity index (χ1v) is 14.6. The highest BCUT2D eigenvalue weighted by molar-refractivity contribution is 5.83. The predicted molar refractivity (Wildman–Crippen MR) is 157 cm³/mol. The van der Waals surface area contributed by atoms with Crippen LogP contribution in [0.25, 0.3) is 5.57 Å². The van der Waals surface area contributed by atoms with Crippen LogP contribution in [0, 0.1) is 11.7 Å². The molecule has 0 spiro atoms. The van der Waals surface area contributed by atoms with Gasteiger partial charge in [0.1, 0.15) is 0 Å². The summed E-state index contributed by atoms with van der Waals surface area (Å²) in [7, 11) is 0. The molecule has 2 atom stereocenters. The van der Waals surface area contributed by atoms with Gasteiger partial charge in [0, 0.05) is 41.7 Å². The van der Waals surface area contributed by atoms with Crippen LogP contribution in [0.2, 0.25) is 0 Å². The van der Waals surface area contributed by atoms with E-state index in [9.17, 15) is 32.7 Å². The molecular formula is C33H41F4N2O3+. The summed E-state index contributed by atoms with van der Waals surface area (Å²) < 4.78 is 56.7. The lowest BCUT2D eigenvalue weighted by Crippen LogP contribution is -2.26. The number of benzene rings is 1. The minimum Gasteiger partial charge on any atom is -0.505 e. The summed E-state index contributed by atoms with van der Waals surface area (Å²) in [6.45, 7) is 3.99. The van der Waals surface area contributed by atoms with Crippen LogP contribution in [0.4, 0.5) is 17.6 Å². The van der Waals surface area contributed by atoms with Gasteiger partial charge < -0.3 is 10.4 Å². The molecule has 1 aromatic carbocycles. The van der Waals surface area contributed by atoms with E-state index in [0.717, 1.165) is 41.5 Å². The summed E-state index contributed by atoms with van der Waals surface area (Å²) in [6.07, 6.45) is 13.0. The van der Waals surface area contributed by atoms with Crippen molar-refractivity contribution in [2.24, 2.45) is 5.92 Å². The normalized spacial score (nSPS) is 20.9. The van der Waals surface area contributed by atoms with Crippen molar-refractivity contribution in [3.05, 3.63) is 82.9 Å². The standard InChI is InChI=1S/C33H40F4N2O3/c1-3-23-7-6-8-25(14-13-23)20-38-30(41)18-15-24(12-11-22(2)34)19-27-10-5-4-9-26(21-39(27)42)31-28(33(36)37)16-17-29(40)32(31)35/h4,6,8-9,13-14,16-17,21-22,24,33H,3,5,7,10-12,15,18-20H2,1-2H3,(H2-,38,40,41,42)/p+1/b9-4-,26-21+,39-27-. The molecule has 0 fully saturated rings. The smallest absolute Gasteiger partial charge is 0.264 e. The van der Waals surface area contributed by atoms with Crippen LogP contribution >= 0.6 is 0 Å². The Hall–Kier alpha value is -3.62. The molecule has 228 valence electrons. The average Bonchev–Trinajstić information content (AvgIpc) is 3.19. The van der Waals surface area contributed by atoms with Crippen molar-refractivity contribution in [2.75, 3.05) is 6.54 Å². The molecule has 1 aromatic rings. The van der Waals surface area contributed by atoms with Gasteiger partial charge in [-0.15, -0.1) is 0 Å². The minimum atomic E-state index is -3.00. The number of hydrogen-bond donors (Lipinski definition) is 3. The number of phenolic OH excluding ortho intramolecular Hbond substituents is 1. The largest absolute Gasteiger partial charge is 0.505 e. The molecule has 1 aliphatic carbocycles. The van der Waals surface area contributed by atoms with E-state index in [2.05, 4.69) is 24.4 Å². The highest BCUT2D eigenvalue weighted by atomic mass is 19.3. The minimum absolute atomic E-state index is 0.0190. The Bertz CT molecular complexity index is 1290. The first-order valence-electron chi connectivity index (χ1n) is 14.6. The first kappa shape index (κ1) is 32.9. The van der Waals surface area contributed by atoms with Gasteiger partial charge >= 0.3 is 0 Å². The zero-order valence-corrected chi connectivity index (χ0v) is 24.3. The van der Waals surface area contributed by atoms with Gasteiger partial charge in [-0.2, -0.15) is 0 Å². The van der Waals surface area contributed by atoms with E-state index in [4.69, 9.17) is 0 Å². The maximum atomic E-state index is 14.8. The van der Waals surface area contributed by atoms with Crippen LogP contribution in [0.1, 0.15) is 89.2 Å². The van der Waals surface area contributed by atoms with Gasteiger partial charge in [-0.05, 0) is 69.1 Å². The van der Waals surface area contributed by atoms with Gasteiger partial charge in [-0.1, -0.05) is 49.0 Å². The fraction of sp³-hybridized carbons (Fsp3) is 0.455. The molecule has 9 heteroatoms. The summed E-state index contributed by atoms with van der Waals surface area (Å²) in [4.78, 5) is 12.7. The molecule has 0 saturated carbocycles. The molecule has 0 saturated heterocycles. The molecular weight excluding hydrogens is 548 g/mol. The van der Waals surface area contributed by atoms with Gasteiger partial charge in [-0.3, -0.25) is 10.0 Å². The second-order valence-electron chi connectivity index (χ2n) is 10.9. The number of halogens is 4. The zero-order chi connectivity index (χ0) is 30.6. The van der Waals surface area contributed by atoms with Crippen molar-refractivity contribution >= 4 is 17.2 Å². The molecule has 42 heavy (non-hydrogen) atoms. The molecule has 2 unspecified atom stereocenters. The highest BCUT2D eigenvalue weighted by Gasteiger charge is 2.26. The number of alkyl halides is 3. The molecule has 2 aliphatic rings. The van der Waals surface area contributed by atoms with Crippen LogP contribution in [-0.2, 0) is 4.79 Å². The highest BCUT2D eigenvalue weighted by Crippen LogP contribution is 2.35. The molecule has 3 N–H and O–H groups in total. The van der Waals surface area contributed by atoms with E-state index >= 15 is 0 Å². The predicted octanol–water partition coefficient (Wildman–Crippen LogP) is 8.27. The molecule has 5 nitrogen and oxygen atoms in total. The quantitative estimate of drug-likeness (QED) is 0.123. The fourth-order valence-corrected chi connectivity index (χ4v) is 5.10. The first-order chi connectivity index (χ1) is 20.1. The lowest BCUT2D eigenvalue weighted by molar-refractivity contribution is -0.726. The summed E-state index contributed by atoms with van der Waals surface area (Å²) in [5.41, 5.74) is 1.76. The van der Waals surface area contributed by atoms with E-state index in [0.29, 0.717) is 50.8 Å². The average molecular weight is 590 g/mol. The molecule has 0 bridgehead atoms. The topological polar surface area (TPSA) is 72.6 Å². The van der Waals surface area contributed by atoms with Crippen LogP contribution in [0.15, 0.2) is 65.9 Å². The molecule has 1 aliphatic heterocycles. The number of phenols is 1. The second-order valence-corrected chi connectivity index (χ2v) is 10.9. The number of aromatic hydroxyl groups is 1. The second kappa shape index (κ2) is 16.1. The number of amides is 1. The number of carbonyl (C=O) groups is 1. The van der Waals surface area contributed by atoms with Gasteiger partial charge in [-0.25, -0.2) is 17.6 Å². The number of hydroxylamine groups is 1. The molecule has 0 aromatic heterocycles. The lowest BCUT2D eigenvalue weighted by atomic mass is 9.89. The van der Waals surface area contributed by atoms with Gasteiger partial charge in [0.05, 0.1) is 11.7 Å². The van der Waals surface area contributed by atoms with Crippen molar-refractivity contribution in [1.29, 1.82) is 0 Å². The monoisotopic (exact) mass is 589 g/mol. The van der Waals surface area contributed by atoms with Gasteiger partial charge in [0.25, 0.3) is 6.43 Å². The maximum Gasteiger partial charge on any atom is 0.264 e. The Morgan fingerprint density at radius 1 is 1.10 bits per heavy atom. The number of nitrogens with zero attached hydrogens (tertiary/aromatic N) is 1. The van der Waals surface area contributed by atoms with E-state index in [1.807, 2.05) is 12.2 Å². The Kier molecular flexibility index (Phi) is 12.6. The van der Waals surface area contributed by atoms with Crippen molar-refractivity contribution in [1.82, 2.24) is 5.32 Å². The Balaban J connectivity index is 1.75. The summed E-state index contributed by atoms with van der Waals surface area (Å²) >= 11 is 0. The third-order valence-corrected chi connectivity index (χ3v) is 7.63. The Morgan fingerprint density at radius 3 is 2.60 bits per heavy atom. The van der Waals surface area contributed by atoms with Gasteiger partial charge in [0.2, 0.25) is 17.8 Å². The van der Waals surface area contributed by atoms with E-state index in [-0.39, 0.29) is 23.8 Å². The van der Waals surface area contributed by atoms with Crippen molar-refractivity contribution < 1.29 is 37.4 Å².